The van der Waals surface area contributed by atoms with Crippen molar-refractivity contribution in [2.24, 2.45) is 5.41 Å². The van der Waals surface area contributed by atoms with Crippen molar-refractivity contribution in [1.82, 2.24) is 0 Å². The van der Waals surface area contributed by atoms with Gasteiger partial charge in [0.15, 0.2) is 0 Å². The molecule has 0 aliphatic heterocycles. The summed E-state index contributed by atoms with van der Waals surface area (Å²) in [7, 11) is 0. The van der Waals surface area contributed by atoms with Gasteiger partial charge in [-0.25, -0.2) is 0 Å². The maximum atomic E-state index is 12.0. The molecule has 1 aromatic rings. The van der Waals surface area contributed by atoms with Crippen LogP contribution in [0.25, 0.3) is 0 Å². The predicted octanol–water partition coefficient (Wildman–Crippen LogP) is 4.65. The van der Waals surface area contributed by atoms with E-state index in [0.717, 1.165) is 12.0 Å². The molecule has 0 fully saturated rings. The van der Waals surface area contributed by atoms with Gasteiger partial charge >= 0.3 is 5.97 Å². The molecular weight excluding hydrogens is 300 g/mol. The van der Waals surface area contributed by atoms with Crippen LogP contribution in [0.2, 0.25) is 0 Å². The molecule has 0 aliphatic carbocycles. The molecule has 0 saturated carbocycles. The summed E-state index contributed by atoms with van der Waals surface area (Å²) in [6.07, 6.45) is 6.15. The third-order valence-corrected chi connectivity index (χ3v) is 2.94. The molecule has 3 nitrogen and oxygen atoms in total. The first kappa shape index (κ1) is 19.7. The van der Waals surface area contributed by atoms with E-state index in [0.29, 0.717) is 19.0 Å². The van der Waals surface area contributed by atoms with Gasteiger partial charge in [-0.1, -0.05) is 55.2 Å². The standard InChI is InChI=1S/C21H26O3/c1-5-6-14-19(24-20(22)21(2,3)4)15-10-11-16-23-17-18-12-8-7-9-13-18/h6-9,12-15H,5,16-17H2,1-4H3/b14-6-,19-15-. The lowest BCUT2D eigenvalue weighted by Gasteiger charge is -2.16. The monoisotopic (exact) mass is 326 g/mol. The summed E-state index contributed by atoms with van der Waals surface area (Å²) in [6.45, 7) is 8.33. The molecule has 0 aromatic heterocycles. The summed E-state index contributed by atoms with van der Waals surface area (Å²) in [6, 6.07) is 9.93. The highest BCUT2D eigenvalue weighted by atomic mass is 16.5. The Hall–Kier alpha value is -2.31. The Morgan fingerprint density at radius 3 is 2.54 bits per heavy atom. The first-order chi connectivity index (χ1) is 11.4. The lowest BCUT2D eigenvalue weighted by atomic mass is 9.97. The Labute approximate surface area is 145 Å². The fourth-order valence-electron chi connectivity index (χ4n) is 1.56. The van der Waals surface area contributed by atoms with E-state index in [1.165, 1.54) is 0 Å². The summed E-state index contributed by atoms with van der Waals surface area (Å²) in [5, 5.41) is 0. The molecule has 0 saturated heterocycles. The van der Waals surface area contributed by atoms with Crippen molar-refractivity contribution in [3.63, 3.8) is 0 Å². The Kier molecular flexibility index (Phi) is 8.60. The summed E-state index contributed by atoms with van der Waals surface area (Å²) >= 11 is 0. The van der Waals surface area contributed by atoms with Crippen molar-refractivity contribution in [2.75, 3.05) is 6.61 Å². The molecule has 0 N–H and O–H groups in total. The molecule has 0 bridgehead atoms. The minimum Gasteiger partial charge on any atom is -0.425 e. The maximum Gasteiger partial charge on any atom is 0.316 e. The van der Waals surface area contributed by atoms with Gasteiger partial charge in [0.05, 0.1) is 12.0 Å². The molecular formula is C21H26O3. The zero-order valence-electron chi connectivity index (χ0n) is 15.0. The number of rotatable bonds is 6. The second-order valence-electron chi connectivity index (χ2n) is 6.30. The third kappa shape index (κ3) is 8.36. The van der Waals surface area contributed by atoms with Crippen LogP contribution >= 0.6 is 0 Å². The highest BCUT2D eigenvalue weighted by molar-refractivity contribution is 5.76. The average Bonchev–Trinajstić information content (AvgIpc) is 2.55. The minimum absolute atomic E-state index is 0.281. The van der Waals surface area contributed by atoms with E-state index in [-0.39, 0.29) is 5.97 Å². The van der Waals surface area contributed by atoms with Gasteiger partial charge in [-0.2, -0.15) is 0 Å². The second-order valence-corrected chi connectivity index (χ2v) is 6.30. The van der Waals surface area contributed by atoms with E-state index >= 15 is 0 Å². The average molecular weight is 326 g/mol. The fourth-order valence-corrected chi connectivity index (χ4v) is 1.56. The van der Waals surface area contributed by atoms with E-state index in [4.69, 9.17) is 9.47 Å². The maximum absolute atomic E-state index is 12.0. The van der Waals surface area contributed by atoms with E-state index in [1.807, 2.05) is 64.1 Å². The number of carbonyl (C=O) groups is 1. The Morgan fingerprint density at radius 2 is 1.92 bits per heavy atom. The van der Waals surface area contributed by atoms with Crippen LogP contribution in [0, 0.1) is 17.3 Å². The summed E-state index contributed by atoms with van der Waals surface area (Å²) in [4.78, 5) is 12.0. The number of benzene rings is 1. The normalized spacial score (nSPS) is 11.9. The number of allylic oxidation sites excluding steroid dienone is 3. The first-order valence-electron chi connectivity index (χ1n) is 8.12. The molecule has 0 spiro atoms. The number of carbonyl (C=O) groups excluding carboxylic acids is 1. The van der Waals surface area contributed by atoms with Gasteiger partial charge in [0.25, 0.3) is 0 Å². The molecule has 0 heterocycles. The van der Waals surface area contributed by atoms with E-state index in [1.54, 1.807) is 12.2 Å². The molecule has 3 heteroatoms. The highest BCUT2D eigenvalue weighted by Gasteiger charge is 2.23. The first-order valence-corrected chi connectivity index (χ1v) is 8.12. The molecule has 0 unspecified atom stereocenters. The van der Waals surface area contributed by atoms with Crippen molar-refractivity contribution >= 4 is 5.97 Å². The van der Waals surface area contributed by atoms with Crippen LogP contribution in [0.5, 0.6) is 0 Å². The largest absolute Gasteiger partial charge is 0.425 e. The van der Waals surface area contributed by atoms with Gasteiger partial charge in [0.1, 0.15) is 12.4 Å². The molecule has 0 amide bonds. The quantitative estimate of drug-likeness (QED) is 0.251. The van der Waals surface area contributed by atoms with Crippen LogP contribution < -0.4 is 0 Å². The third-order valence-electron chi connectivity index (χ3n) is 2.94. The summed E-state index contributed by atoms with van der Waals surface area (Å²) in [5.41, 5.74) is 0.561. The van der Waals surface area contributed by atoms with Gasteiger partial charge in [-0.3, -0.25) is 4.79 Å². The molecule has 1 aromatic carbocycles. The van der Waals surface area contributed by atoms with Crippen molar-refractivity contribution < 1.29 is 14.3 Å². The SMILES string of the molecule is CC/C=C\C(=C\C#CCOCc1ccccc1)OC(=O)C(C)(C)C. The Morgan fingerprint density at radius 1 is 1.21 bits per heavy atom. The molecule has 24 heavy (non-hydrogen) atoms. The molecule has 1 rings (SSSR count). The van der Waals surface area contributed by atoms with Crippen LogP contribution in [-0.2, 0) is 20.9 Å². The molecule has 0 aliphatic rings. The minimum atomic E-state index is -0.550. The van der Waals surface area contributed by atoms with Crippen LogP contribution in [0.4, 0.5) is 0 Å². The number of esters is 1. The highest BCUT2D eigenvalue weighted by Crippen LogP contribution is 2.17. The van der Waals surface area contributed by atoms with Gasteiger partial charge in [0.2, 0.25) is 0 Å². The smallest absolute Gasteiger partial charge is 0.316 e. The number of hydrogen-bond donors (Lipinski definition) is 0. The van der Waals surface area contributed by atoms with Crippen LogP contribution in [-0.4, -0.2) is 12.6 Å². The van der Waals surface area contributed by atoms with Crippen LogP contribution in [0.3, 0.4) is 0 Å². The Bertz CT molecular complexity index is 623. The lowest BCUT2D eigenvalue weighted by Crippen LogP contribution is -2.22. The van der Waals surface area contributed by atoms with Gasteiger partial charge < -0.3 is 9.47 Å². The zero-order valence-corrected chi connectivity index (χ0v) is 15.0. The topological polar surface area (TPSA) is 35.5 Å². The van der Waals surface area contributed by atoms with Gasteiger partial charge in [-0.05, 0) is 38.8 Å². The fraction of sp³-hybridized carbons (Fsp3) is 0.381. The number of ether oxygens (including phenoxy) is 2. The van der Waals surface area contributed by atoms with Crippen molar-refractivity contribution in [2.45, 2.75) is 40.7 Å². The van der Waals surface area contributed by atoms with Gasteiger partial charge in [-0.15, -0.1) is 0 Å². The predicted molar refractivity (Wildman–Crippen MR) is 96.9 cm³/mol. The van der Waals surface area contributed by atoms with E-state index < -0.39 is 5.41 Å². The van der Waals surface area contributed by atoms with Crippen molar-refractivity contribution in [3.8, 4) is 11.8 Å². The second kappa shape index (κ2) is 10.5. The molecule has 0 atom stereocenters. The van der Waals surface area contributed by atoms with E-state index in [2.05, 4.69) is 11.8 Å². The lowest BCUT2D eigenvalue weighted by molar-refractivity contribution is -0.147. The molecule has 128 valence electrons. The Balaban J connectivity index is 2.55. The summed E-state index contributed by atoms with van der Waals surface area (Å²) in [5.74, 6) is 5.94. The van der Waals surface area contributed by atoms with Gasteiger partial charge in [0, 0.05) is 6.08 Å². The van der Waals surface area contributed by atoms with E-state index in [9.17, 15) is 4.79 Å². The number of hydrogen-bond acceptors (Lipinski definition) is 3. The van der Waals surface area contributed by atoms with Crippen LogP contribution in [0.15, 0.2) is 54.3 Å². The summed E-state index contributed by atoms with van der Waals surface area (Å²) < 4.78 is 10.9. The van der Waals surface area contributed by atoms with Crippen molar-refractivity contribution in [3.05, 3.63) is 59.9 Å². The van der Waals surface area contributed by atoms with Crippen LogP contribution in [0.1, 0.15) is 39.7 Å². The van der Waals surface area contributed by atoms with Crippen molar-refractivity contribution in [1.29, 1.82) is 0 Å². The molecule has 0 radical (unpaired) electrons. The zero-order chi connectivity index (χ0) is 17.8.